The molecule has 0 bridgehead atoms. The molecule has 1 atom stereocenters. The zero-order valence-electron chi connectivity index (χ0n) is 19.3. The second-order valence-electron chi connectivity index (χ2n) is 8.68. The normalized spacial score (nSPS) is 15.1. The van der Waals surface area contributed by atoms with Gasteiger partial charge in [0, 0.05) is 17.9 Å². The minimum Gasteiger partial charge on any atom is -0.489 e. The standard InChI is InChI=1S/C26H23N7O2/c1-16-6-3-4-7-19(16)14-35-20-9-5-8-18(12-20)21-13-24(34)28-26-25(21)17(2)30-33(26)23-11-10-22-29-27-15-32(22)31-23/h3-12,15,21H,13-14H2,1-2H3,(H,28,34)/t21-/m0/s1. The third-order valence-corrected chi connectivity index (χ3v) is 6.38. The smallest absolute Gasteiger partial charge is 0.226 e. The Morgan fingerprint density at radius 2 is 1.94 bits per heavy atom. The Balaban J connectivity index is 1.35. The summed E-state index contributed by atoms with van der Waals surface area (Å²) in [5.41, 5.74) is 5.79. The molecule has 3 aromatic heterocycles. The lowest BCUT2D eigenvalue weighted by atomic mass is 9.86. The Kier molecular flexibility index (Phi) is 5.02. The van der Waals surface area contributed by atoms with Crippen LogP contribution >= 0.6 is 0 Å². The average molecular weight is 466 g/mol. The van der Waals surface area contributed by atoms with Crippen LogP contribution in [0.2, 0.25) is 0 Å². The molecule has 0 aliphatic carbocycles. The number of nitrogens with zero attached hydrogens (tertiary/aromatic N) is 6. The zero-order chi connectivity index (χ0) is 23.9. The van der Waals surface area contributed by atoms with Crippen LogP contribution in [0.5, 0.6) is 5.75 Å². The molecule has 9 nitrogen and oxygen atoms in total. The first-order valence-corrected chi connectivity index (χ1v) is 11.4. The number of rotatable bonds is 5. The van der Waals surface area contributed by atoms with Crippen molar-refractivity contribution in [3.05, 3.63) is 94.9 Å². The summed E-state index contributed by atoms with van der Waals surface area (Å²) < 4.78 is 9.36. The van der Waals surface area contributed by atoms with Gasteiger partial charge in [-0.15, -0.1) is 15.3 Å². The van der Waals surface area contributed by atoms with Crippen molar-refractivity contribution in [1.82, 2.24) is 29.6 Å². The molecule has 1 N–H and O–H groups in total. The van der Waals surface area contributed by atoms with E-state index in [1.807, 2.05) is 55.5 Å². The maximum Gasteiger partial charge on any atom is 0.226 e. The number of carbonyl (C=O) groups is 1. The molecule has 9 heteroatoms. The second-order valence-corrected chi connectivity index (χ2v) is 8.68. The third-order valence-electron chi connectivity index (χ3n) is 6.38. The first kappa shape index (κ1) is 21.0. The molecule has 1 aliphatic heterocycles. The largest absolute Gasteiger partial charge is 0.489 e. The molecule has 0 unspecified atom stereocenters. The molecular weight excluding hydrogens is 442 g/mol. The monoisotopic (exact) mass is 465 g/mol. The van der Waals surface area contributed by atoms with E-state index in [-0.39, 0.29) is 11.8 Å². The van der Waals surface area contributed by atoms with Crippen LogP contribution in [0.15, 0.2) is 67.0 Å². The van der Waals surface area contributed by atoms with E-state index in [0.717, 1.165) is 28.1 Å². The Morgan fingerprint density at radius 1 is 1.06 bits per heavy atom. The zero-order valence-corrected chi connectivity index (χ0v) is 19.3. The second kappa shape index (κ2) is 8.35. The van der Waals surface area contributed by atoms with Crippen LogP contribution < -0.4 is 10.1 Å². The number of benzene rings is 2. The summed E-state index contributed by atoms with van der Waals surface area (Å²) in [5, 5.41) is 20.2. The molecule has 4 heterocycles. The van der Waals surface area contributed by atoms with E-state index in [9.17, 15) is 4.79 Å². The van der Waals surface area contributed by atoms with Crippen LogP contribution in [0.25, 0.3) is 11.5 Å². The molecule has 35 heavy (non-hydrogen) atoms. The Labute approximate surface area is 201 Å². The summed E-state index contributed by atoms with van der Waals surface area (Å²) in [5.74, 6) is 1.75. The van der Waals surface area contributed by atoms with Crippen molar-refractivity contribution in [2.75, 3.05) is 5.32 Å². The minimum atomic E-state index is -0.145. The molecule has 0 saturated carbocycles. The van der Waals surface area contributed by atoms with Gasteiger partial charge in [-0.2, -0.15) is 14.3 Å². The van der Waals surface area contributed by atoms with E-state index in [4.69, 9.17) is 9.84 Å². The Bertz CT molecular complexity index is 1570. The van der Waals surface area contributed by atoms with Crippen LogP contribution in [0.4, 0.5) is 5.82 Å². The first-order valence-electron chi connectivity index (χ1n) is 11.4. The molecule has 174 valence electrons. The maximum absolute atomic E-state index is 12.8. The minimum absolute atomic E-state index is 0.0692. The lowest BCUT2D eigenvalue weighted by Gasteiger charge is -2.24. The summed E-state index contributed by atoms with van der Waals surface area (Å²) in [6, 6.07) is 19.8. The van der Waals surface area contributed by atoms with Gasteiger partial charge >= 0.3 is 0 Å². The van der Waals surface area contributed by atoms with E-state index in [0.29, 0.717) is 30.3 Å². The number of hydrogen-bond acceptors (Lipinski definition) is 6. The van der Waals surface area contributed by atoms with Crippen LogP contribution in [0, 0.1) is 13.8 Å². The highest BCUT2D eigenvalue weighted by Gasteiger charge is 2.33. The van der Waals surface area contributed by atoms with Crippen molar-refractivity contribution in [2.24, 2.45) is 0 Å². The van der Waals surface area contributed by atoms with Gasteiger partial charge in [0.15, 0.2) is 11.5 Å². The molecule has 0 radical (unpaired) electrons. The van der Waals surface area contributed by atoms with Gasteiger partial charge in [0.25, 0.3) is 0 Å². The van der Waals surface area contributed by atoms with Gasteiger partial charge < -0.3 is 10.1 Å². The first-order chi connectivity index (χ1) is 17.1. The number of anilines is 1. The van der Waals surface area contributed by atoms with Crippen LogP contribution in [-0.2, 0) is 11.4 Å². The van der Waals surface area contributed by atoms with Gasteiger partial charge in [-0.3, -0.25) is 4.79 Å². The molecule has 6 rings (SSSR count). The van der Waals surface area contributed by atoms with Gasteiger partial charge in [0.2, 0.25) is 5.91 Å². The SMILES string of the molecule is Cc1ccccc1COc1cccc([C@@H]2CC(=O)Nc3c2c(C)nn3-c2ccc3nncn3n2)c1. The van der Waals surface area contributed by atoms with Gasteiger partial charge in [-0.1, -0.05) is 36.4 Å². The topological polar surface area (TPSA) is 99.2 Å². The highest BCUT2D eigenvalue weighted by atomic mass is 16.5. The number of aryl methyl sites for hydroxylation is 2. The number of hydrogen-bond donors (Lipinski definition) is 1. The van der Waals surface area contributed by atoms with Gasteiger partial charge in [0.1, 0.15) is 24.5 Å². The fourth-order valence-electron chi connectivity index (χ4n) is 4.58. The van der Waals surface area contributed by atoms with Crippen LogP contribution in [-0.4, -0.2) is 35.5 Å². The van der Waals surface area contributed by atoms with Crippen molar-refractivity contribution in [1.29, 1.82) is 0 Å². The molecule has 1 aliphatic rings. The van der Waals surface area contributed by atoms with Gasteiger partial charge in [-0.05, 0) is 54.8 Å². The van der Waals surface area contributed by atoms with Crippen LogP contribution in [0.3, 0.4) is 0 Å². The summed E-state index contributed by atoms with van der Waals surface area (Å²) in [7, 11) is 0. The number of ether oxygens (including phenoxy) is 1. The third kappa shape index (κ3) is 3.80. The molecular formula is C26H23N7O2. The van der Waals surface area contributed by atoms with Crippen molar-refractivity contribution >= 4 is 17.4 Å². The van der Waals surface area contributed by atoms with E-state index in [1.54, 1.807) is 9.20 Å². The fourth-order valence-corrected chi connectivity index (χ4v) is 4.58. The van der Waals surface area contributed by atoms with Gasteiger partial charge in [-0.25, -0.2) is 0 Å². The molecule has 0 spiro atoms. The van der Waals surface area contributed by atoms with Crippen molar-refractivity contribution < 1.29 is 9.53 Å². The van der Waals surface area contributed by atoms with E-state index < -0.39 is 0 Å². The number of carbonyl (C=O) groups excluding carboxylic acids is 1. The number of aromatic nitrogens is 6. The lowest BCUT2D eigenvalue weighted by molar-refractivity contribution is -0.116. The highest BCUT2D eigenvalue weighted by Crippen LogP contribution is 2.40. The molecule has 5 aromatic rings. The summed E-state index contributed by atoms with van der Waals surface area (Å²) in [4.78, 5) is 12.8. The van der Waals surface area contributed by atoms with Gasteiger partial charge in [0.05, 0.1) is 5.69 Å². The van der Waals surface area contributed by atoms with E-state index in [1.165, 1.54) is 11.9 Å². The highest BCUT2D eigenvalue weighted by molar-refractivity contribution is 5.95. The summed E-state index contributed by atoms with van der Waals surface area (Å²) >= 11 is 0. The van der Waals surface area contributed by atoms with E-state index >= 15 is 0 Å². The number of amides is 1. The molecule has 1 amide bonds. The van der Waals surface area contributed by atoms with Crippen LogP contribution in [0.1, 0.15) is 40.3 Å². The van der Waals surface area contributed by atoms with Crippen molar-refractivity contribution in [3.8, 4) is 11.6 Å². The predicted octanol–water partition coefficient (Wildman–Crippen LogP) is 3.98. The Hall–Kier alpha value is -4.53. The number of nitrogens with one attached hydrogen (secondary N) is 1. The average Bonchev–Trinajstić information content (AvgIpc) is 3.47. The van der Waals surface area contributed by atoms with Crippen molar-refractivity contribution in [2.45, 2.75) is 32.8 Å². The quantitative estimate of drug-likeness (QED) is 0.422. The predicted molar refractivity (Wildman–Crippen MR) is 130 cm³/mol. The fraction of sp³-hybridized carbons (Fsp3) is 0.192. The molecule has 2 aromatic carbocycles. The maximum atomic E-state index is 12.8. The molecule has 0 saturated heterocycles. The lowest BCUT2D eigenvalue weighted by Crippen LogP contribution is -2.25. The summed E-state index contributed by atoms with van der Waals surface area (Å²) in [6.45, 7) is 4.52. The number of fused-ring (bicyclic) bond motifs is 2. The summed E-state index contributed by atoms with van der Waals surface area (Å²) in [6.07, 6.45) is 1.87. The Morgan fingerprint density at radius 3 is 2.83 bits per heavy atom. The van der Waals surface area contributed by atoms with E-state index in [2.05, 4.69) is 39.7 Å². The molecule has 0 fully saturated rings. The van der Waals surface area contributed by atoms with Crippen molar-refractivity contribution in [3.63, 3.8) is 0 Å².